The Hall–Kier alpha value is -3.52. The number of esters is 1. The predicted octanol–water partition coefficient (Wildman–Crippen LogP) is 6.36. The van der Waals surface area contributed by atoms with Gasteiger partial charge >= 0.3 is 5.97 Å². The molecule has 0 radical (unpaired) electrons. The van der Waals surface area contributed by atoms with Gasteiger partial charge in [0.2, 0.25) is 0 Å². The second-order valence-corrected chi connectivity index (χ2v) is 11.3. The Morgan fingerprint density at radius 3 is 2.00 bits per heavy atom. The molecule has 0 saturated carbocycles. The molecule has 0 unspecified atom stereocenters. The van der Waals surface area contributed by atoms with Gasteiger partial charge in [-0.2, -0.15) is 8.42 Å². The fourth-order valence-electron chi connectivity index (χ4n) is 4.67. The van der Waals surface area contributed by atoms with Crippen molar-refractivity contribution in [2.75, 3.05) is 20.6 Å². The number of hydrogen-bond acceptors (Lipinski definition) is 5. The summed E-state index contributed by atoms with van der Waals surface area (Å²) in [5.41, 5.74) is 1.54. The van der Waals surface area contributed by atoms with Crippen LogP contribution in [-0.4, -0.2) is 44.5 Å². The van der Waals surface area contributed by atoms with E-state index in [2.05, 4.69) is 50.2 Å². The summed E-state index contributed by atoms with van der Waals surface area (Å²) in [7, 11) is 0.00971. The first kappa shape index (κ1) is 30.0. The highest BCUT2D eigenvalue weighted by molar-refractivity contribution is 7.85. The normalized spacial score (nSPS) is 13.7. The molecule has 7 heteroatoms. The van der Waals surface area contributed by atoms with Crippen LogP contribution in [-0.2, 0) is 31.7 Å². The Morgan fingerprint density at radius 1 is 0.872 bits per heavy atom. The van der Waals surface area contributed by atoms with Gasteiger partial charge in [-0.05, 0) is 48.1 Å². The summed E-state index contributed by atoms with van der Waals surface area (Å²) < 4.78 is 36.7. The van der Waals surface area contributed by atoms with Crippen molar-refractivity contribution in [3.05, 3.63) is 114 Å². The molecule has 0 aliphatic rings. The summed E-state index contributed by atoms with van der Waals surface area (Å²) >= 11 is 0. The predicted molar refractivity (Wildman–Crippen MR) is 156 cm³/mol. The number of carbonyl (C=O) groups is 1. The van der Waals surface area contributed by atoms with Gasteiger partial charge in [-0.15, -0.1) is 0 Å². The van der Waals surface area contributed by atoms with Crippen molar-refractivity contribution < 1.29 is 22.5 Å². The van der Waals surface area contributed by atoms with Crippen molar-refractivity contribution >= 4 is 26.9 Å². The van der Waals surface area contributed by atoms with Gasteiger partial charge in [0.05, 0.1) is 4.90 Å². The van der Waals surface area contributed by atoms with E-state index in [0.29, 0.717) is 12.8 Å². The van der Waals surface area contributed by atoms with Gasteiger partial charge in [0.15, 0.2) is 0 Å². The van der Waals surface area contributed by atoms with E-state index in [4.69, 9.17) is 9.29 Å². The van der Waals surface area contributed by atoms with Crippen LogP contribution in [0.25, 0.3) is 10.8 Å². The molecule has 4 rings (SSSR count). The van der Waals surface area contributed by atoms with Crippen LogP contribution in [0.15, 0.2) is 108 Å². The maximum atomic E-state index is 12.3. The Labute approximate surface area is 232 Å². The van der Waals surface area contributed by atoms with E-state index in [-0.39, 0.29) is 16.8 Å². The van der Waals surface area contributed by atoms with E-state index in [1.165, 1.54) is 17.7 Å². The highest BCUT2D eigenvalue weighted by Gasteiger charge is 2.42. The van der Waals surface area contributed by atoms with Crippen LogP contribution in [0.1, 0.15) is 31.4 Å². The van der Waals surface area contributed by atoms with Gasteiger partial charge in [0.1, 0.15) is 5.60 Å². The zero-order valence-corrected chi connectivity index (χ0v) is 23.8. The molecule has 4 aromatic rings. The second-order valence-electron chi connectivity index (χ2n) is 9.89. The van der Waals surface area contributed by atoms with E-state index in [1.54, 1.807) is 12.1 Å². The smallest absolute Gasteiger partial charge is 0.306 e. The van der Waals surface area contributed by atoms with Crippen molar-refractivity contribution in [1.82, 2.24) is 4.90 Å². The molecule has 0 fully saturated rings. The zero-order chi connectivity index (χ0) is 28.5. The molecule has 0 aromatic heterocycles. The lowest BCUT2D eigenvalue weighted by molar-refractivity contribution is -0.168. The quantitative estimate of drug-likeness (QED) is 0.194. The summed E-state index contributed by atoms with van der Waals surface area (Å²) in [6.07, 6.45) is 1.04. The molecule has 0 aliphatic carbocycles. The van der Waals surface area contributed by atoms with E-state index < -0.39 is 15.7 Å². The fraction of sp³-hybridized carbons (Fsp3) is 0.281. The van der Waals surface area contributed by atoms with Crippen LogP contribution in [0.4, 0.5) is 0 Å². The number of fused-ring (bicyclic) bond motifs is 1. The van der Waals surface area contributed by atoms with Crippen molar-refractivity contribution in [2.24, 2.45) is 5.92 Å². The largest absolute Gasteiger partial charge is 0.453 e. The minimum absolute atomic E-state index is 0.0730. The molecule has 0 amide bonds. The molecule has 0 bridgehead atoms. The number of benzene rings is 4. The molecule has 0 saturated heterocycles. The fourth-order valence-corrected chi connectivity index (χ4v) is 5.19. The molecule has 39 heavy (non-hydrogen) atoms. The highest BCUT2D eigenvalue weighted by Crippen LogP contribution is 2.38. The third-order valence-electron chi connectivity index (χ3n) is 6.61. The summed E-state index contributed by atoms with van der Waals surface area (Å²) in [5.74, 6) is -0.0222. The summed E-state index contributed by atoms with van der Waals surface area (Å²) in [5, 5.41) is 1.74. The van der Waals surface area contributed by atoms with Gasteiger partial charge in [0, 0.05) is 25.3 Å². The molecule has 2 atom stereocenters. The molecule has 4 aromatic carbocycles. The lowest BCUT2D eigenvalue weighted by Crippen LogP contribution is -2.44. The van der Waals surface area contributed by atoms with Crippen LogP contribution < -0.4 is 0 Å². The number of nitrogens with zero attached hydrogens (tertiary/aromatic N) is 1. The molecule has 0 heterocycles. The molecule has 6 nitrogen and oxygen atoms in total. The van der Waals surface area contributed by atoms with E-state index >= 15 is 0 Å². The lowest BCUT2D eigenvalue weighted by Gasteiger charge is -2.40. The lowest BCUT2D eigenvalue weighted by atomic mass is 9.77. The number of rotatable bonds is 9. The van der Waals surface area contributed by atoms with Crippen molar-refractivity contribution in [1.29, 1.82) is 0 Å². The van der Waals surface area contributed by atoms with Gasteiger partial charge in [-0.1, -0.05) is 105 Å². The highest BCUT2D eigenvalue weighted by atomic mass is 32.2. The van der Waals surface area contributed by atoms with Crippen LogP contribution in [0.3, 0.4) is 0 Å². The Morgan fingerprint density at radius 2 is 1.44 bits per heavy atom. The molecule has 0 aliphatic heterocycles. The average Bonchev–Trinajstić information content (AvgIpc) is 2.92. The van der Waals surface area contributed by atoms with Gasteiger partial charge in [-0.3, -0.25) is 9.35 Å². The number of hydrogen-bond donors (Lipinski definition) is 1. The summed E-state index contributed by atoms with van der Waals surface area (Å²) in [4.78, 5) is 14.4. The minimum atomic E-state index is -4.09. The van der Waals surface area contributed by atoms with Crippen LogP contribution >= 0.6 is 0 Å². The van der Waals surface area contributed by atoms with E-state index in [0.717, 1.165) is 22.9 Å². The van der Waals surface area contributed by atoms with E-state index in [9.17, 15) is 13.2 Å². The van der Waals surface area contributed by atoms with Crippen LogP contribution in [0.5, 0.6) is 0 Å². The summed E-state index contributed by atoms with van der Waals surface area (Å²) in [6.45, 7) is 4.84. The molecule has 206 valence electrons. The van der Waals surface area contributed by atoms with E-state index in [1.807, 2.05) is 61.5 Å². The topological polar surface area (TPSA) is 83.9 Å². The van der Waals surface area contributed by atoms with Crippen molar-refractivity contribution in [3.63, 3.8) is 0 Å². The monoisotopic (exact) mass is 547 g/mol. The van der Waals surface area contributed by atoms with Crippen molar-refractivity contribution in [2.45, 2.75) is 37.2 Å². The zero-order valence-electron chi connectivity index (χ0n) is 22.9. The van der Waals surface area contributed by atoms with Crippen LogP contribution in [0, 0.1) is 5.92 Å². The Bertz CT molecular complexity index is 1460. The molecular formula is C32H37NO5S. The minimum Gasteiger partial charge on any atom is -0.453 e. The average molecular weight is 548 g/mol. The Balaban J connectivity index is 0.000000252. The maximum Gasteiger partial charge on any atom is 0.306 e. The summed E-state index contributed by atoms with van der Waals surface area (Å²) in [6, 6.07) is 32.3. The molecule has 0 spiro atoms. The maximum absolute atomic E-state index is 12.3. The van der Waals surface area contributed by atoms with Gasteiger partial charge in [0.25, 0.3) is 10.1 Å². The van der Waals surface area contributed by atoms with Gasteiger partial charge in [-0.25, -0.2) is 0 Å². The first-order valence-corrected chi connectivity index (χ1v) is 14.4. The second kappa shape index (κ2) is 13.5. The standard InChI is InChI=1S/C22H29NO2.C10H8O3S/c1-5-21(24)25-22(18(2)17-23(3)4,20-14-10-7-11-15-20)16-19-12-8-6-9-13-19;11-14(12,13)10-6-5-8-3-1-2-4-9(8)7-10/h6-15,18H,5,16-17H2,1-4H3;1-7H,(H,11,12,13)/t18-,22-;/m1./s1. The number of carbonyl (C=O) groups excluding carboxylic acids is 1. The van der Waals surface area contributed by atoms with Crippen LogP contribution in [0.2, 0.25) is 0 Å². The SMILES string of the molecule is CCC(=O)O[C@@](Cc1ccccc1)(c1ccccc1)[C@H](C)CN(C)C.O=S(=O)(O)c1ccc2ccccc2c1. The molecular weight excluding hydrogens is 510 g/mol. The third kappa shape index (κ3) is 8.23. The first-order valence-electron chi connectivity index (χ1n) is 13.0. The van der Waals surface area contributed by atoms with Gasteiger partial charge < -0.3 is 9.64 Å². The molecule has 1 N–H and O–H groups in total. The first-order chi connectivity index (χ1) is 18.5. The third-order valence-corrected chi connectivity index (χ3v) is 7.46. The number of ether oxygens (including phenoxy) is 1. The van der Waals surface area contributed by atoms with Crippen molar-refractivity contribution in [3.8, 4) is 0 Å². The Kier molecular flexibility index (Phi) is 10.4.